The van der Waals surface area contributed by atoms with Gasteiger partial charge in [0.2, 0.25) is 0 Å². The van der Waals surface area contributed by atoms with E-state index < -0.39 is 5.91 Å². The van der Waals surface area contributed by atoms with Crippen molar-refractivity contribution >= 4 is 23.3 Å². The minimum absolute atomic E-state index is 0.0896. The normalized spacial score (nSPS) is 13.6. The third-order valence-electron chi connectivity index (χ3n) is 6.39. The number of nitrogens with zero attached hydrogens (tertiary/aromatic N) is 7. The van der Waals surface area contributed by atoms with Crippen molar-refractivity contribution < 1.29 is 9.53 Å². The Labute approximate surface area is 212 Å². The predicted octanol–water partition coefficient (Wildman–Crippen LogP) is 3.73. The van der Waals surface area contributed by atoms with Gasteiger partial charge in [0, 0.05) is 24.8 Å². The molecule has 1 fully saturated rings. The van der Waals surface area contributed by atoms with E-state index in [9.17, 15) is 4.79 Å². The van der Waals surface area contributed by atoms with Gasteiger partial charge in [-0.3, -0.25) is 10.1 Å². The number of nitrogens with one attached hydrogen (secondary N) is 2. The van der Waals surface area contributed by atoms with Gasteiger partial charge >= 0.3 is 0 Å². The number of benzene rings is 2. The van der Waals surface area contributed by atoms with E-state index in [1.165, 1.54) is 12.6 Å². The van der Waals surface area contributed by atoms with E-state index in [0.717, 1.165) is 54.2 Å². The Morgan fingerprint density at radius 3 is 2.57 bits per heavy atom. The molecule has 1 amide bonds. The largest absolute Gasteiger partial charge is 0.489 e. The summed E-state index contributed by atoms with van der Waals surface area (Å²) in [5.74, 6) is 1.40. The minimum atomic E-state index is -0.402. The Morgan fingerprint density at radius 1 is 1.00 bits per heavy atom. The van der Waals surface area contributed by atoms with Gasteiger partial charge in [0.25, 0.3) is 11.9 Å². The summed E-state index contributed by atoms with van der Waals surface area (Å²) in [6.07, 6.45) is 6.73. The molecule has 1 aliphatic heterocycles. The number of tetrazole rings is 1. The van der Waals surface area contributed by atoms with Crippen LogP contribution in [0.25, 0.3) is 16.8 Å². The molecule has 2 N–H and O–H groups in total. The van der Waals surface area contributed by atoms with E-state index in [1.807, 2.05) is 60.8 Å². The number of aromatic amines is 1. The molecule has 0 aliphatic carbocycles. The Bertz CT molecular complexity index is 1490. The fourth-order valence-electron chi connectivity index (χ4n) is 4.55. The number of carbonyl (C=O) groups is 1. The molecule has 5 aromatic rings. The number of aromatic nitrogens is 7. The predicted molar refractivity (Wildman–Crippen MR) is 137 cm³/mol. The Balaban J connectivity index is 1.33. The van der Waals surface area contributed by atoms with E-state index in [-0.39, 0.29) is 5.95 Å². The van der Waals surface area contributed by atoms with Crippen molar-refractivity contribution in [3.63, 3.8) is 0 Å². The highest BCUT2D eigenvalue weighted by molar-refractivity contribution is 6.07. The summed E-state index contributed by atoms with van der Waals surface area (Å²) >= 11 is 0. The first-order valence-corrected chi connectivity index (χ1v) is 12.2. The van der Waals surface area contributed by atoms with Crippen molar-refractivity contribution in [1.82, 2.24) is 35.2 Å². The number of carbonyl (C=O) groups excluding carboxylic acids is 1. The van der Waals surface area contributed by atoms with Crippen molar-refractivity contribution in [1.29, 1.82) is 0 Å². The SMILES string of the molecule is O=C(Nc1nn[nH]n1)c1cnn2c(N3CCCCC3)c(-c3ccc(OCc4ccccc4)cc3)cnc12. The van der Waals surface area contributed by atoms with Crippen LogP contribution in [0.5, 0.6) is 5.75 Å². The second-order valence-corrected chi connectivity index (χ2v) is 8.83. The van der Waals surface area contributed by atoms with Crippen molar-refractivity contribution in [2.45, 2.75) is 25.9 Å². The van der Waals surface area contributed by atoms with Crippen LogP contribution in [0.1, 0.15) is 35.2 Å². The molecule has 0 radical (unpaired) electrons. The zero-order chi connectivity index (χ0) is 25.0. The zero-order valence-electron chi connectivity index (χ0n) is 20.0. The summed E-state index contributed by atoms with van der Waals surface area (Å²) in [6.45, 7) is 2.33. The van der Waals surface area contributed by atoms with Gasteiger partial charge < -0.3 is 9.64 Å². The number of hydrogen-bond acceptors (Lipinski definition) is 8. The molecule has 0 unspecified atom stereocenters. The first-order chi connectivity index (χ1) is 18.3. The van der Waals surface area contributed by atoms with Crippen LogP contribution >= 0.6 is 0 Å². The van der Waals surface area contributed by atoms with E-state index in [4.69, 9.17) is 4.74 Å². The lowest BCUT2D eigenvalue weighted by atomic mass is 10.1. The Hall–Kier alpha value is -4.80. The van der Waals surface area contributed by atoms with Gasteiger partial charge in [-0.15, -0.1) is 5.10 Å². The molecule has 0 bridgehead atoms. The second-order valence-electron chi connectivity index (χ2n) is 8.83. The molecular weight excluding hydrogens is 470 g/mol. The summed E-state index contributed by atoms with van der Waals surface area (Å²) in [6, 6.07) is 18.1. The molecule has 11 heteroatoms. The second kappa shape index (κ2) is 10.1. The van der Waals surface area contributed by atoms with Gasteiger partial charge in [-0.25, -0.2) is 4.98 Å². The number of H-pyrrole nitrogens is 1. The number of fused-ring (bicyclic) bond motifs is 1. The van der Waals surface area contributed by atoms with Crippen LogP contribution in [-0.4, -0.2) is 54.2 Å². The standard InChI is InChI=1S/C26H25N9O2/c36-24(29-26-30-32-33-31-26)22-16-28-35-23(22)27-15-21(25(35)34-13-5-2-6-14-34)19-9-11-20(12-10-19)37-17-18-7-3-1-4-8-18/h1,3-4,7-12,15-16H,2,5-6,13-14,17H2,(H2,29,30,31,32,33,36). The third kappa shape index (κ3) is 4.70. The summed E-state index contributed by atoms with van der Waals surface area (Å²) in [7, 11) is 0. The maximum absolute atomic E-state index is 12.9. The van der Waals surface area contributed by atoms with Crippen LogP contribution in [0.2, 0.25) is 0 Å². The maximum Gasteiger partial charge on any atom is 0.270 e. The van der Waals surface area contributed by atoms with Crippen LogP contribution in [0.15, 0.2) is 67.0 Å². The molecule has 6 rings (SSSR count). The maximum atomic E-state index is 12.9. The highest BCUT2D eigenvalue weighted by atomic mass is 16.5. The molecule has 0 atom stereocenters. The number of ether oxygens (including phenoxy) is 1. The van der Waals surface area contributed by atoms with E-state index in [2.05, 4.69) is 40.9 Å². The van der Waals surface area contributed by atoms with Crippen LogP contribution < -0.4 is 15.0 Å². The molecule has 0 saturated carbocycles. The van der Waals surface area contributed by atoms with Crippen molar-refractivity contribution in [2.75, 3.05) is 23.3 Å². The van der Waals surface area contributed by atoms with Crippen LogP contribution in [0.4, 0.5) is 11.8 Å². The molecule has 186 valence electrons. The minimum Gasteiger partial charge on any atom is -0.489 e. The van der Waals surface area contributed by atoms with Crippen LogP contribution in [0, 0.1) is 0 Å². The topological polar surface area (TPSA) is 126 Å². The fraction of sp³-hybridized carbons (Fsp3) is 0.231. The summed E-state index contributed by atoms with van der Waals surface area (Å²) in [5, 5.41) is 20.5. The van der Waals surface area contributed by atoms with Crippen molar-refractivity contribution in [3.05, 3.63) is 78.1 Å². The van der Waals surface area contributed by atoms with Gasteiger partial charge in [0.15, 0.2) is 5.65 Å². The molecule has 4 heterocycles. The first kappa shape index (κ1) is 22.7. The smallest absolute Gasteiger partial charge is 0.270 e. The van der Waals surface area contributed by atoms with Gasteiger partial charge in [-0.1, -0.05) is 47.6 Å². The van der Waals surface area contributed by atoms with E-state index in [0.29, 0.717) is 17.8 Å². The average molecular weight is 496 g/mol. The Morgan fingerprint density at radius 2 is 1.81 bits per heavy atom. The quantitative estimate of drug-likeness (QED) is 0.350. The highest BCUT2D eigenvalue weighted by Gasteiger charge is 2.24. The van der Waals surface area contributed by atoms with Gasteiger partial charge in [-0.2, -0.15) is 14.8 Å². The number of piperidine rings is 1. The Kier molecular flexibility index (Phi) is 6.15. The molecule has 3 aromatic heterocycles. The average Bonchev–Trinajstić information content (AvgIpc) is 3.63. The monoisotopic (exact) mass is 495 g/mol. The van der Waals surface area contributed by atoms with Crippen molar-refractivity contribution in [3.8, 4) is 16.9 Å². The number of hydrogen-bond donors (Lipinski definition) is 2. The molecule has 37 heavy (non-hydrogen) atoms. The highest BCUT2D eigenvalue weighted by Crippen LogP contribution is 2.34. The van der Waals surface area contributed by atoms with E-state index >= 15 is 0 Å². The summed E-state index contributed by atoms with van der Waals surface area (Å²) in [4.78, 5) is 19.8. The van der Waals surface area contributed by atoms with Gasteiger partial charge in [0.05, 0.1) is 6.20 Å². The molecule has 2 aromatic carbocycles. The third-order valence-corrected chi connectivity index (χ3v) is 6.39. The molecule has 1 saturated heterocycles. The van der Waals surface area contributed by atoms with Gasteiger partial charge in [-0.05, 0) is 47.7 Å². The summed E-state index contributed by atoms with van der Waals surface area (Å²) < 4.78 is 7.72. The molecule has 11 nitrogen and oxygen atoms in total. The molecule has 1 aliphatic rings. The van der Waals surface area contributed by atoms with Crippen molar-refractivity contribution in [2.24, 2.45) is 0 Å². The first-order valence-electron chi connectivity index (χ1n) is 12.2. The lowest BCUT2D eigenvalue weighted by molar-refractivity contribution is 0.102. The summed E-state index contributed by atoms with van der Waals surface area (Å²) in [5.41, 5.74) is 3.85. The lowest BCUT2D eigenvalue weighted by Gasteiger charge is -2.30. The fourth-order valence-corrected chi connectivity index (χ4v) is 4.55. The number of anilines is 2. The zero-order valence-corrected chi connectivity index (χ0v) is 20.0. The van der Waals surface area contributed by atoms with Crippen LogP contribution in [0.3, 0.4) is 0 Å². The number of rotatable bonds is 7. The molecular formula is C26H25N9O2. The van der Waals surface area contributed by atoms with Gasteiger partial charge in [0.1, 0.15) is 23.7 Å². The van der Waals surface area contributed by atoms with E-state index in [1.54, 1.807) is 4.52 Å². The lowest BCUT2D eigenvalue weighted by Crippen LogP contribution is -2.32. The number of amides is 1. The van der Waals surface area contributed by atoms with Crippen LogP contribution in [-0.2, 0) is 6.61 Å². The molecule has 0 spiro atoms.